The number of benzene rings is 1. The van der Waals surface area contributed by atoms with Gasteiger partial charge in [0.1, 0.15) is 18.2 Å². The fourth-order valence-electron chi connectivity index (χ4n) is 2.26. The molecule has 3 rings (SSSR count). The first-order valence-corrected chi connectivity index (χ1v) is 7.84. The van der Waals surface area contributed by atoms with Crippen molar-refractivity contribution in [2.75, 3.05) is 31.2 Å². The Balaban J connectivity index is 1.64. The minimum Gasteiger partial charge on any atom is -0.487 e. The van der Waals surface area contributed by atoms with Gasteiger partial charge in [0.25, 0.3) is 0 Å². The molecule has 0 saturated carbocycles. The van der Waals surface area contributed by atoms with E-state index in [-0.39, 0.29) is 0 Å². The first-order valence-electron chi connectivity index (χ1n) is 7.08. The van der Waals surface area contributed by atoms with Crippen molar-refractivity contribution < 1.29 is 9.47 Å². The highest BCUT2D eigenvalue weighted by Gasteiger charge is 2.12. The van der Waals surface area contributed by atoms with Crippen LogP contribution in [0.5, 0.6) is 5.75 Å². The summed E-state index contributed by atoms with van der Waals surface area (Å²) in [6, 6.07) is 9.27. The second kappa shape index (κ2) is 7.18. The van der Waals surface area contributed by atoms with Crippen molar-refractivity contribution in [3.63, 3.8) is 0 Å². The Labute approximate surface area is 139 Å². The van der Waals surface area contributed by atoms with E-state index in [2.05, 4.69) is 9.88 Å². The predicted molar refractivity (Wildman–Crippen MR) is 88.1 cm³/mol. The van der Waals surface area contributed by atoms with Gasteiger partial charge in [-0.15, -0.1) is 0 Å². The summed E-state index contributed by atoms with van der Waals surface area (Å²) in [5.74, 6) is 1.62. The summed E-state index contributed by atoms with van der Waals surface area (Å²) in [6.07, 6.45) is 1.72. The molecule has 4 nitrogen and oxygen atoms in total. The van der Waals surface area contributed by atoms with Crippen molar-refractivity contribution in [3.8, 4) is 5.75 Å². The van der Waals surface area contributed by atoms with Crippen LogP contribution in [0.4, 0.5) is 5.82 Å². The Morgan fingerprint density at radius 1 is 1.09 bits per heavy atom. The molecule has 1 aliphatic rings. The first-order chi connectivity index (χ1) is 10.7. The van der Waals surface area contributed by atoms with Gasteiger partial charge in [-0.2, -0.15) is 0 Å². The van der Waals surface area contributed by atoms with Gasteiger partial charge >= 0.3 is 0 Å². The van der Waals surface area contributed by atoms with E-state index in [1.165, 1.54) is 0 Å². The molecule has 0 unspecified atom stereocenters. The molecule has 1 aromatic carbocycles. The number of pyridine rings is 1. The van der Waals surface area contributed by atoms with Crippen LogP contribution in [0.1, 0.15) is 5.56 Å². The van der Waals surface area contributed by atoms with Gasteiger partial charge in [0.05, 0.1) is 19.4 Å². The zero-order valence-electron chi connectivity index (χ0n) is 12.0. The van der Waals surface area contributed by atoms with Crippen LogP contribution >= 0.6 is 23.2 Å². The average Bonchev–Trinajstić information content (AvgIpc) is 2.56. The van der Waals surface area contributed by atoms with E-state index >= 15 is 0 Å². The zero-order valence-corrected chi connectivity index (χ0v) is 13.5. The second-order valence-corrected chi connectivity index (χ2v) is 5.75. The Morgan fingerprint density at radius 3 is 2.45 bits per heavy atom. The fourth-order valence-corrected chi connectivity index (χ4v) is 2.77. The Morgan fingerprint density at radius 2 is 1.82 bits per heavy atom. The highest BCUT2D eigenvalue weighted by Crippen LogP contribution is 2.26. The molecule has 2 aromatic rings. The summed E-state index contributed by atoms with van der Waals surface area (Å²) >= 11 is 12.2. The topological polar surface area (TPSA) is 34.6 Å². The van der Waals surface area contributed by atoms with E-state index in [1.807, 2.05) is 18.2 Å². The summed E-state index contributed by atoms with van der Waals surface area (Å²) in [4.78, 5) is 6.63. The number of halogens is 2. The van der Waals surface area contributed by atoms with Gasteiger partial charge in [-0.3, -0.25) is 0 Å². The number of aromatic nitrogens is 1. The van der Waals surface area contributed by atoms with Crippen LogP contribution in [0.15, 0.2) is 36.5 Å². The smallest absolute Gasteiger partial charge is 0.138 e. The summed E-state index contributed by atoms with van der Waals surface area (Å²) in [5.41, 5.74) is 0.781. The molecule has 0 N–H and O–H groups in total. The van der Waals surface area contributed by atoms with Gasteiger partial charge in [0, 0.05) is 28.7 Å². The quantitative estimate of drug-likeness (QED) is 0.849. The maximum absolute atomic E-state index is 6.12. The van der Waals surface area contributed by atoms with E-state index in [4.69, 9.17) is 32.7 Å². The molecule has 1 aliphatic heterocycles. The van der Waals surface area contributed by atoms with E-state index in [0.29, 0.717) is 22.4 Å². The van der Waals surface area contributed by atoms with Crippen LogP contribution in [0, 0.1) is 0 Å². The van der Waals surface area contributed by atoms with Gasteiger partial charge in [-0.25, -0.2) is 4.98 Å². The molecule has 0 spiro atoms. The lowest BCUT2D eigenvalue weighted by Gasteiger charge is -2.27. The van der Waals surface area contributed by atoms with Gasteiger partial charge in [-0.05, 0) is 24.3 Å². The lowest BCUT2D eigenvalue weighted by molar-refractivity contribution is 0.122. The maximum Gasteiger partial charge on any atom is 0.138 e. The number of anilines is 1. The van der Waals surface area contributed by atoms with Crippen molar-refractivity contribution in [2.24, 2.45) is 0 Å². The summed E-state index contributed by atoms with van der Waals surface area (Å²) in [6.45, 7) is 3.53. The summed E-state index contributed by atoms with van der Waals surface area (Å²) < 4.78 is 11.1. The Hall–Kier alpha value is -1.49. The van der Waals surface area contributed by atoms with Crippen LogP contribution in [0.25, 0.3) is 0 Å². The van der Waals surface area contributed by atoms with Gasteiger partial charge < -0.3 is 14.4 Å². The lowest BCUT2D eigenvalue weighted by atomic mass is 10.2. The number of hydrogen-bond donors (Lipinski definition) is 0. The van der Waals surface area contributed by atoms with Gasteiger partial charge in [0.15, 0.2) is 0 Å². The van der Waals surface area contributed by atoms with E-state index in [0.717, 1.165) is 37.7 Å². The highest BCUT2D eigenvalue weighted by atomic mass is 35.5. The zero-order chi connectivity index (χ0) is 15.4. The highest BCUT2D eigenvalue weighted by molar-refractivity contribution is 6.35. The van der Waals surface area contributed by atoms with Crippen LogP contribution in [-0.4, -0.2) is 31.3 Å². The van der Waals surface area contributed by atoms with Gasteiger partial charge in [0.2, 0.25) is 0 Å². The van der Waals surface area contributed by atoms with Crippen molar-refractivity contribution >= 4 is 29.0 Å². The summed E-state index contributed by atoms with van der Waals surface area (Å²) in [7, 11) is 0. The fraction of sp³-hybridized carbons (Fsp3) is 0.312. The van der Waals surface area contributed by atoms with Crippen LogP contribution < -0.4 is 9.64 Å². The first kappa shape index (κ1) is 15.4. The third kappa shape index (κ3) is 3.64. The lowest BCUT2D eigenvalue weighted by Crippen LogP contribution is -2.36. The number of rotatable bonds is 4. The van der Waals surface area contributed by atoms with Crippen LogP contribution in [0.2, 0.25) is 10.0 Å². The molecule has 1 aromatic heterocycles. The van der Waals surface area contributed by atoms with Crippen LogP contribution in [0.3, 0.4) is 0 Å². The van der Waals surface area contributed by atoms with Crippen molar-refractivity contribution in [2.45, 2.75) is 6.61 Å². The molecule has 6 heteroatoms. The molecule has 22 heavy (non-hydrogen) atoms. The number of hydrogen-bond acceptors (Lipinski definition) is 4. The molecule has 1 fully saturated rings. The molecule has 116 valence electrons. The molecule has 0 atom stereocenters. The minimum absolute atomic E-state index is 0.317. The standard InChI is InChI=1S/C16H16Cl2N2O2/c17-14-2-1-3-15(18)13(14)11-22-12-4-5-16(19-10-12)20-6-8-21-9-7-20/h1-5,10H,6-9,11H2. The molecule has 2 heterocycles. The normalized spacial score (nSPS) is 14.9. The number of nitrogens with zero attached hydrogens (tertiary/aromatic N) is 2. The van der Waals surface area contributed by atoms with Crippen LogP contribution in [-0.2, 0) is 11.3 Å². The SMILES string of the molecule is Clc1cccc(Cl)c1COc1ccc(N2CCOCC2)nc1. The third-order valence-electron chi connectivity index (χ3n) is 3.50. The molecule has 0 aliphatic carbocycles. The number of morpholine rings is 1. The Kier molecular flexibility index (Phi) is 5.03. The monoisotopic (exact) mass is 338 g/mol. The van der Waals surface area contributed by atoms with Crippen molar-refractivity contribution in [1.29, 1.82) is 0 Å². The van der Waals surface area contributed by atoms with Crippen molar-refractivity contribution in [1.82, 2.24) is 4.98 Å². The molecular weight excluding hydrogens is 323 g/mol. The van der Waals surface area contributed by atoms with E-state index in [1.54, 1.807) is 18.3 Å². The Bertz CT molecular complexity index is 608. The minimum atomic E-state index is 0.317. The third-order valence-corrected chi connectivity index (χ3v) is 4.21. The van der Waals surface area contributed by atoms with E-state index in [9.17, 15) is 0 Å². The van der Waals surface area contributed by atoms with Gasteiger partial charge in [-0.1, -0.05) is 29.3 Å². The van der Waals surface area contributed by atoms with Crippen molar-refractivity contribution in [3.05, 3.63) is 52.1 Å². The molecular formula is C16H16Cl2N2O2. The molecule has 1 saturated heterocycles. The average molecular weight is 339 g/mol. The second-order valence-electron chi connectivity index (χ2n) is 4.94. The number of ether oxygens (including phenoxy) is 2. The molecule has 0 amide bonds. The summed E-state index contributed by atoms with van der Waals surface area (Å²) in [5, 5.41) is 1.20. The maximum atomic E-state index is 6.12. The predicted octanol–water partition coefficient (Wildman–Crippen LogP) is 3.80. The molecule has 0 radical (unpaired) electrons. The van der Waals surface area contributed by atoms with E-state index < -0.39 is 0 Å². The largest absolute Gasteiger partial charge is 0.487 e. The molecule has 0 bridgehead atoms.